The zero-order valence-corrected chi connectivity index (χ0v) is 19.1. The SMILES string of the molecule is CCN(CC)CCOc1ccc(CNC(=NC)NCc2ccc(C)s2)cc1OC. The highest BCUT2D eigenvalue weighted by molar-refractivity contribution is 7.11. The van der Waals surface area contributed by atoms with Gasteiger partial charge in [0.2, 0.25) is 0 Å². The van der Waals surface area contributed by atoms with E-state index in [-0.39, 0.29) is 0 Å². The standard InChI is InChI=1S/C22H34N4O2S/c1-6-26(7-2)12-13-28-20-11-9-18(14-21(20)27-5)15-24-22(23-4)25-16-19-10-8-17(3)29-19/h8-11,14H,6-7,12-13,15-16H2,1-5H3,(H2,23,24,25). The quantitative estimate of drug-likeness (QED) is 0.431. The molecule has 0 unspecified atom stereocenters. The first-order chi connectivity index (χ1) is 14.1. The topological polar surface area (TPSA) is 58.1 Å². The summed E-state index contributed by atoms with van der Waals surface area (Å²) in [4.78, 5) is 9.24. The van der Waals surface area contributed by atoms with Gasteiger partial charge in [0.15, 0.2) is 17.5 Å². The maximum Gasteiger partial charge on any atom is 0.191 e. The summed E-state index contributed by atoms with van der Waals surface area (Å²) in [5.41, 5.74) is 1.10. The van der Waals surface area contributed by atoms with Crippen molar-refractivity contribution in [2.75, 3.05) is 40.4 Å². The van der Waals surface area contributed by atoms with Gasteiger partial charge in [0.1, 0.15) is 6.61 Å². The fraction of sp³-hybridized carbons (Fsp3) is 0.500. The van der Waals surface area contributed by atoms with Crippen molar-refractivity contribution in [1.82, 2.24) is 15.5 Å². The number of guanidine groups is 1. The third-order valence-electron chi connectivity index (χ3n) is 4.70. The first-order valence-electron chi connectivity index (χ1n) is 10.1. The molecule has 2 aromatic rings. The number of thiophene rings is 1. The second kappa shape index (κ2) is 12.3. The van der Waals surface area contributed by atoms with Crippen LogP contribution in [-0.2, 0) is 13.1 Å². The Balaban J connectivity index is 1.86. The Morgan fingerprint density at radius 3 is 2.45 bits per heavy atom. The summed E-state index contributed by atoms with van der Waals surface area (Å²) in [6, 6.07) is 10.3. The van der Waals surface area contributed by atoms with Gasteiger partial charge in [-0.15, -0.1) is 11.3 Å². The number of nitrogens with zero attached hydrogens (tertiary/aromatic N) is 2. The van der Waals surface area contributed by atoms with Gasteiger partial charge >= 0.3 is 0 Å². The van der Waals surface area contributed by atoms with Gasteiger partial charge in [-0.05, 0) is 49.8 Å². The molecule has 0 spiro atoms. The molecular formula is C22H34N4O2S. The van der Waals surface area contributed by atoms with Crippen LogP contribution in [0.1, 0.15) is 29.2 Å². The van der Waals surface area contributed by atoms with Crippen molar-refractivity contribution in [3.63, 3.8) is 0 Å². The first kappa shape index (κ1) is 23.0. The van der Waals surface area contributed by atoms with Crippen molar-refractivity contribution in [2.24, 2.45) is 4.99 Å². The highest BCUT2D eigenvalue weighted by Crippen LogP contribution is 2.28. The number of nitrogens with one attached hydrogen (secondary N) is 2. The van der Waals surface area contributed by atoms with Crippen LogP contribution in [0.4, 0.5) is 0 Å². The van der Waals surface area contributed by atoms with Crippen LogP contribution >= 0.6 is 11.3 Å². The Morgan fingerprint density at radius 2 is 1.83 bits per heavy atom. The second-order valence-corrected chi connectivity index (χ2v) is 8.02. The molecule has 0 fully saturated rings. The molecule has 0 atom stereocenters. The van der Waals surface area contributed by atoms with E-state index in [0.29, 0.717) is 13.2 Å². The van der Waals surface area contributed by atoms with Gasteiger partial charge in [-0.25, -0.2) is 0 Å². The molecule has 0 saturated carbocycles. The highest BCUT2D eigenvalue weighted by atomic mass is 32.1. The number of hydrogen-bond acceptors (Lipinski definition) is 5. The zero-order chi connectivity index (χ0) is 21.1. The summed E-state index contributed by atoms with van der Waals surface area (Å²) < 4.78 is 11.5. The predicted octanol–water partition coefficient (Wildman–Crippen LogP) is 3.65. The van der Waals surface area contributed by atoms with E-state index < -0.39 is 0 Å². The Morgan fingerprint density at radius 1 is 1.07 bits per heavy atom. The van der Waals surface area contributed by atoms with Gasteiger partial charge in [-0.1, -0.05) is 19.9 Å². The Kier molecular flexibility index (Phi) is 9.80. The van der Waals surface area contributed by atoms with E-state index in [1.54, 1.807) is 25.5 Å². The van der Waals surface area contributed by atoms with Crippen LogP contribution in [0.2, 0.25) is 0 Å². The van der Waals surface area contributed by atoms with Crippen LogP contribution < -0.4 is 20.1 Å². The minimum atomic E-state index is 0.647. The van der Waals surface area contributed by atoms with E-state index in [1.807, 2.05) is 12.1 Å². The fourth-order valence-corrected chi connectivity index (χ4v) is 3.75. The molecule has 29 heavy (non-hydrogen) atoms. The molecule has 1 aromatic carbocycles. The Hall–Kier alpha value is -2.25. The number of rotatable bonds is 11. The number of ether oxygens (including phenoxy) is 2. The molecule has 2 N–H and O–H groups in total. The molecule has 0 amide bonds. The highest BCUT2D eigenvalue weighted by Gasteiger charge is 2.08. The summed E-state index contributed by atoms with van der Waals surface area (Å²) in [5, 5.41) is 6.69. The largest absolute Gasteiger partial charge is 0.493 e. The van der Waals surface area contributed by atoms with Crippen molar-refractivity contribution < 1.29 is 9.47 Å². The number of methoxy groups -OCH3 is 1. The molecule has 1 heterocycles. The third kappa shape index (κ3) is 7.59. The van der Waals surface area contributed by atoms with Crippen LogP contribution in [0.25, 0.3) is 0 Å². The maximum atomic E-state index is 5.93. The van der Waals surface area contributed by atoms with Crippen LogP contribution in [-0.4, -0.2) is 51.3 Å². The molecule has 0 saturated heterocycles. The number of aryl methyl sites for hydroxylation is 1. The fourth-order valence-electron chi connectivity index (χ4n) is 2.92. The lowest BCUT2D eigenvalue weighted by Crippen LogP contribution is -2.36. The number of benzene rings is 1. The molecule has 0 aliphatic carbocycles. The summed E-state index contributed by atoms with van der Waals surface area (Å²) >= 11 is 1.79. The molecule has 1 aromatic heterocycles. The number of likely N-dealkylation sites (N-methyl/N-ethyl adjacent to an activating group) is 1. The molecule has 6 nitrogen and oxygen atoms in total. The number of hydrogen-bond donors (Lipinski definition) is 2. The molecule has 0 aliphatic heterocycles. The van der Waals surface area contributed by atoms with E-state index in [2.05, 4.69) is 59.5 Å². The molecule has 0 aliphatic rings. The van der Waals surface area contributed by atoms with Gasteiger partial charge in [0.25, 0.3) is 0 Å². The van der Waals surface area contributed by atoms with Crippen LogP contribution in [0, 0.1) is 6.92 Å². The van der Waals surface area contributed by atoms with Crippen molar-refractivity contribution in [3.05, 3.63) is 45.6 Å². The molecule has 160 valence electrons. The average Bonchev–Trinajstić information content (AvgIpc) is 3.17. The average molecular weight is 419 g/mol. The molecule has 0 radical (unpaired) electrons. The first-order valence-corrected chi connectivity index (χ1v) is 10.9. The van der Waals surface area contributed by atoms with E-state index in [1.165, 1.54) is 9.75 Å². The second-order valence-electron chi connectivity index (χ2n) is 6.65. The van der Waals surface area contributed by atoms with Crippen molar-refractivity contribution in [3.8, 4) is 11.5 Å². The molecular weight excluding hydrogens is 384 g/mol. The van der Waals surface area contributed by atoms with Crippen molar-refractivity contribution in [2.45, 2.75) is 33.9 Å². The van der Waals surface area contributed by atoms with E-state index in [0.717, 1.165) is 49.2 Å². The minimum Gasteiger partial charge on any atom is -0.493 e. The van der Waals surface area contributed by atoms with Crippen molar-refractivity contribution in [1.29, 1.82) is 0 Å². The monoisotopic (exact) mass is 418 g/mol. The third-order valence-corrected chi connectivity index (χ3v) is 5.70. The van der Waals surface area contributed by atoms with E-state index in [9.17, 15) is 0 Å². The van der Waals surface area contributed by atoms with Crippen LogP contribution in [0.5, 0.6) is 11.5 Å². The van der Waals surface area contributed by atoms with Crippen LogP contribution in [0.15, 0.2) is 35.3 Å². The van der Waals surface area contributed by atoms with E-state index in [4.69, 9.17) is 9.47 Å². The minimum absolute atomic E-state index is 0.647. The molecule has 0 bridgehead atoms. The Labute approximate surface area is 178 Å². The summed E-state index contributed by atoms with van der Waals surface area (Å²) in [6.45, 7) is 11.5. The normalized spacial score (nSPS) is 11.6. The van der Waals surface area contributed by atoms with Gasteiger partial charge in [0.05, 0.1) is 13.7 Å². The van der Waals surface area contributed by atoms with Gasteiger partial charge < -0.3 is 25.0 Å². The lowest BCUT2D eigenvalue weighted by molar-refractivity contribution is 0.217. The van der Waals surface area contributed by atoms with Gasteiger partial charge in [-0.2, -0.15) is 0 Å². The molecule has 7 heteroatoms. The molecule has 2 rings (SSSR count). The Bertz CT molecular complexity index is 772. The van der Waals surface area contributed by atoms with Gasteiger partial charge in [0, 0.05) is 29.9 Å². The summed E-state index contributed by atoms with van der Waals surface area (Å²) in [7, 11) is 3.45. The lowest BCUT2D eigenvalue weighted by atomic mass is 10.2. The zero-order valence-electron chi connectivity index (χ0n) is 18.2. The maximum absolute atomic E-state index is 5.93. The summed E-state index contributed by atoms with van der Waals surface area (Å²) in [5.74, 6) is 2.30. The summed E-state index contributed by atoms with van der Waals surface area (Å²) in [6.07, 6.45) is 0. The smallest absolute Gasteiger partial charge is 0.191 e. The van der Waals surface area contributed by atoms with Gasteiger partial charge in [-0.3, -0.25) is 4.99 Å². The number of aliphatic imine (C=N–C) groups is 1. The van der Waals surface area contributed by atoms with E-state index >= 15 is 0 Å². The van der Waals surface area contributed by atoms with Crippen LogP contribution in [0.3, 0.4) is 0 Å². The van der Waals surface area contributed by atoms with Crippen molar-refractivity contribution >= 4 is 17.3 Å². The lowest BCUT2D eigenvalue weighted by Gasteiger charge is -2.19. The predicted molar refractivity (Wildman–Crippen MR) is 122 cm³/mol.